The van der Waals surface area contributed by atoms with Gasteiger partial charge in [-0.1, -0.05) is 115 Å². The van der Waals surface area contributed by atoms with Crippen LogP contribution in [0.3, 0.4) is 0 Å². The van der Waals surface area contributed by atoms with Crippen molar-refractivity contribution in [2.75, 3.05) is 0 Å². The van der Waals surface area contributed by atoms with Gasteiger partial charge in [-0.2, -0.15) is 0 Å². The van der Waals surface area contributed by atoms with Crippen molar-refractivity contribution < 1.29 is 0 Å². The smallest absolute Gasteiger partial charge is 0.188 e. The van der Waals surface area contributed by atoms with Gasteiger partial charge in [0.05, 0.1) is 23.3 Å². The van der Waals surface area contributed by atoms with Crippen LogP contribution in [0.2, 0.25) is 0 Å². The molecule has 0 spiro atoms. The first kappa shape index (κ1) is 26.7. The van der Waals surface area contributed by atoms with E-state index in [2.05, 4.69) is 88.3 Å². The summed E-state index contributed by atoms with van der Waals surface area (Å²) in [5, 5.41) is 6.82. The molecule has 9 rings (SSSR count). The molecule has 0 unspecified atom stereocenters. The van der Waals surface area contributed by atoms with E-state index in [0.29, 0.717) is 23.2 Å². The van der Waals surface area contributed by atoms with E-state index in [1.54, 1.807) is 0 Å². The van der Waals surface area contributed by atoms with E-state index in [-0.39, 0.29) is 0 Å². The van der Waals surface area contributed by atoms with Gasteiger partial charge in [-0.25, -0.2) is 19.8 Å². The number of aromatic nitrogens is 4. The van der Waals surface area contributed by atoms with Gasteiger partial charge in [0, 0.05) is 27.5 Å². The Balaban J connectivity index is 1.33. The van der Waals surface area contributed by atoms with Crippen molar-refractivity contribution in [2.45, 2.75) is 0 Å². The predicted molar refractivity (Wildman–Crippen MR) is 192 cm³/mol. The molecule has 47 heavy (non-hydrogen) atoms. The van der Waals surface area contributed by atoms with E-state index in [1.165, 1.54) is 21.5 Å². The summed E-state index contributed by atoms with van der Waals surface area (Å²) in [7, 11) is 0. The minimum Gasteiger partial charge on any atom is -0.309 e. The lowest BCUT2D eigenvalue weighted by atomic mass is 10.00. The van der Waals surface area contributed by atoms with Crippen LogP contribution >= 0.6 is 0 Å². The molecule has 5 heteroatoms. The monoisotopic (exact) mass is 599 g/mol. The van der Waals surface area contributed by atoms with Gasteiger partial charge in [0.1, 0.15) is 0 Å². The highest BCUT2D eigenvalue weighted by atomic mass is 15.0. The third-order valence-electron chi connectivity index (χ3n) is 8.82. The van der Waals surface area contributed by atoms with Crippen LogP contribution in [0.15, 0.2) is 152 Å². The molecule has 0 amide bonds. The zero-order valence-corrected chi connectivity index (χ0v) is 25.2. The SMILES string of the molecule is [C-]#[N+]c1ccc2c(c1)c1cc(-c3nc(-c4ccccc4)nc(-c4ccccc4)n3)ccc1n2-c1cc2ccccc2c2ccccc12. The Morgan fingerprint density at radius 1 is 0.426 bits per heavy atom. The molecule has 0 radical (unpaired) electrons. The van der Waals surface area contributed by atoms with E-state index >= 15 is 0 Å². The average molecular weight is 600 g/mol. The molecular formula is C42H25N5. The first-order valence-electron chi connectivity index (χ1n) is 15.5. The van der Waals surface area contributed by atoms with Gasteiger partial charge in [-0.05, 0) is 57.9 Å². The van der Waals surface area contributed by atoms with Crippen LogP contribution in [0.4, 0.5) is 5.69 Å². The first-order chi connectivity index (χ1) is 23.2. The van der Waals surface area contributed by atoms with Gasteiger partial charge in [0.2, 0.25) is 0 Å². The number of fused-ring (bicyclic) bond motifs is 6. The summed E-state index contributed by atoms with van der Waals surface area (Å²) >= 11 is 0. The highest BCUT2D eigenvalue weighted by Crippen LogP contribution is 2.40. The summed E-state index contributed by atoms with van der Waals surface area (Å²) in [6, 6.07) is 51.8. The fourth-order valence-corrected chi connectivity index (χ4v) is 6.64. The van der Waals surface area contributed by atoms with Crippen molar-refractivity contribution in [3.05, 3.63) is 163 Å². The third-order valence-corrected chi connectivity index (χ3v) is 8.82. The van der Waals surface area contributed by atoms with E-state index in [9.17, 15) is 0 Å². The zero-order valence-electron chi connectivity index (χ0n) is 25.2. The highest BCUT2D eigenvalue weighted by molar-refractivity contribution is 6.16. The summed E-state index contributed by atoms with van der Waals surface area (Å²) < 4.78 is 2.33. The Morgan fingerprint density at radius 3 is 1.62 bits per heavy atom. The Labute approximate surface area is 270 Å². The second-order valence-electron chi connectivity index (χ2n) is 11.6. The van der Waals surface area contributed by atoms with Gasteiger partial charge >= 0.3 is 0 Å². The van der Waals surface area contributed by atoms with Crippen LogP contribution in [0.5, 0.6) is 0 Å². The number of hydrogen-bond donors (Lipinski definition) is 0. The summed E-state index contributed by atoms with van der Waals surface area (Å²) in [4.78, 5) is 18.6. The van der Waals surface area contributed by atoms with Crippen molar-refractivity contribution in [3.63, 3.8) is 0 Å². The van der Waals surface area contributed by atoms with Crippen molar-refractivity contribution in [1.82, 2.24) is 19.5 Å². The summed E-state index contributed by atoms with van der Waals surface area (Å²) in [5.74, 6) is 1.84. The fourth-order valence-electron chi connectivity index (χ4n) is 6.64. The normalized spacial score (nSPS) is 11.4. The second kappa shape index (κ2) is 10.8. The molecule has 0 fully saturated rings. The molecule has 0 N–H and O–H groups in total. The molecule has 0 aliphatic carbocycles. The lowest BCUT2D eigenvalue weighted by Gasteiger charge is -2.14. The molecule has 218 valence electrons. The maximum absolute atomic E-state index is 7.77. The van der Waals surface area contributed by atoms with E-state index in [1.807, 2.05) is 72.8 Å². The van der Waals surface area contributed by atoms with Crippen molar-refractivity contribution in [2.24, 2.45) is 0 Å². The maximum Gasteiger partial charge on any atom is 0.188 e. The number of nitrogens with zero attached hydrogens (tertiary/aromatic N) is 5. The molecule has 2 aromatic heterocycles. The van der Waals surface area contributed by atoms with Gasteiger partial charge in [0.15, 0.2) is 23.2 Å². The molecule has 0 atom stereocenters. The van der Waals surface area contributed by atoms with Gasteiger partial charge in [-0.3, -0.25) is 0 Å². The van der Waals surface area contributed by atoms with Crippen LogP contribution in [-0.4, -0.2) is 19.5 Å². The van der Waals surface area contributed by atoms with Crippen LogP contribution in [0.1, 0.15) is 0 Å². The predicted octanol–water partition coefficient (Wildman–Crippen LogP) is 10.8. The number of benzene rings is 7. The molecule has 7 aromatic carbocycles. The number of rotatable bonds is 4. The standard InChI is InChI=1S/C42H25N5/c1-43-31-21-23-38-36(26-31)35-24-30(42-45-40(27-12-4-2-5-13-27)44-41(46-42)28-14-6-3-7-15-28)20-22-37(35)47(38)39-25-29-16-8-9-17-32(29)33-18-10-11-19-34(33)39/h2-26H. The number of hydrogen-bond acceptors (Lipinski definition) is 3. The van der Waals surface area contributed by atoms with Crippen molar-refractivity contribution in [3.8, 4) is 39.9 Å². The zero-order chi connectivity index (χ0) is 31.3. The van der Waals surface area contributed by atoms with Crippen molar-refractivity contribution in [1.29, 1.82) is 0 Å². The largest absolute Gasteiger partial charge is 0.309 e. The maximum atomic E-state index is 7.77. The van der Waals surface area contributed by atoms with Crippen LogP contribution in [-0.2, 0) is 0 Å². The lowest BCUT2D eigenvalue weighted by Crippen LogP contribution is -2.00. The molecule has 9 aromatic rings. The minimum absolute atomic E-state index is 0.595. The van der Waals surface area contributed by atoms with Crippen LogP contribution < -0.4 is 0 Å². The average Bonchev–Trinajstić information content (AvgIpc) is 3.47. The van der Waals surface area contributed by atoms with Gasteiger partial charge in [0.25, 0.3) is 0 Å². The summed E-state index contributed by atoms with van der Waals surface area (Å²) in [6.45, 7) is 7.77. The van der Waals surface area contributed by atoms with E-state index in [4.69, 9.17) is 21.5 Å². The molecule has 0 saturated heterocycles. The third kappa shape index (κ3) is 4.43. The quantitative estimate of drug-likeness (QED) is 0.149. The minimum atomic E-state index is 0.595. The van der Waals surface area contributed by atoms with Gasteiger partial charge in [-0.15, -0.1) is 0 Å². The first-order valence-corrected chi connectivity index (χ1v) is 15.5. The second-order valence-corrected chi connectivity index (χ2v) is 11.6. The summed E-state index contributed by atoms with van der Waals surface area (Å²) in [6.07, 6.45) is 0. The van der Waals surface area contributed by atoms with Crippen molar-refractivity contribution >= 4 is 49.0 Å². The topological polar surface area (TPSA) is 48.0 Å². The van der Waals surface area contributed by atoms with E-state index in [0.717, 1.165) is 44.2 Å². The Morgan fingerprint density at radius 2 is 0.957 bits per heavy atom. The molecule has 0 bridgehead atoms. The van der Waals surface area contributed by atoms with E-state index < -0.39 is 0 Å². The summed E-state index contributed by atoms with van der Waals surface area (Å²) in [5.41, 5.74) is 6.52. The van der Waals surface area contributed by atoms with Crippen LogP contribution in [0, 0.1) is 6.57 Å². The Kier molecular flexibility index (Phi) is 6.12. The highest BCUT2D eigenvalue weighted by Gasteiger charge is 2.19. The molecule has 0 saturated carbocycles. The molecule has 2 heterocycles. The fraction of sp³-hybridized carbons (Fsp3) is 0. The lowest BCUT2D eigenvalue weighted by molar-refractivity contribution is 1.07. The molecule has 5 nitrogen and oxygen atoms in total. The Bertz CT molecular complexity index is 2630. The molecule has 0 aliphatic rings. The van der Waals surface area contributed by atoms with Gasteiger partial charge < -0.3 is 4.57 Å². The molecule has 0 aliphatic heterocycles. The Hall–Kier alpha value is -6.64. The van der Waals surface area contributed by atoms with Crippen LogP contribution in [0.25, 0.3) is 88.0 Å². The molecular weight excluding hydrogens is 574 g/mol.